The molecule has 1 unspecified atom stereocenters. The molecule has 0 saturated carbocycles. The topological polar surface area (TPSA) is 60.2 Å². The van der Waals surface area contributed by atoms with Gasteiger partial charge in [-0.1, -0.05) is 67.9 Å². The molecule has 3 rings (SSSR count). The van der Waals surface area contributed by atoms with Crippen LogP contribution < -0.4 is 5.73 Å². The lowest BCUT2D eigenvalue weighted by Gasteiger charge is -2.34. The van der Waals surface area contributed by atoms with Crippen LogP contribution in [0.5, 0.6) is 0 Å². The zero-order valence-corrected chi connectivity index (χ0v) is 12.6. The van der Waals surface area contributed by atoms with Gasteiger partial charge in [-0.2, -0.15) is 0 Å². The van der Waals surface area contributed by atoms with Crippen molar-refractivity contribution in [3.63, 3.8) is 0 Å². The number of carbonyl (C=O) groups excluding carboxylic acids is 2. The molecule has 1 aliphatic rings. The van der Waals surface area contributed by atoms with E-state index < -0.39 is 5.41 Å². The molecular weight excluding hydrogens is 274 g/mol. The van der Waals surface area contributed by atoms with Crippen LogP contribution in [0.25, 0.3) is 0 Å². The SMILES string of the molecule is CCC(CN)C1(c2ccccc2)C(=O)c2ccccc2C1=O. The maximum absolute atomic E-state index is 13.2. The lowest BCUT2D eigenvalue weighted by Crippen LogP contribution is -2.48. The molecule has 3 heteroatoms. The van der Waals surface area contributed by atoms with Crippen LogP contribution in [-0.4, -0.2) is 18.1 Å². The van der Waals surface area contributed by atoms with E-state index in [1.807, 2.05) is 37.3 Å². The van der Waals surface area contributed by atoms with E-state index in [9.17, 15) is 9.59 Å². The first-order valence-electron chi connectivity index (χ1n) is 7.62. The molecule has 0 fully saturated rings. The molecule has 2 aromatic rings. The van der Waals surface area contributed by atoms with Crippen LogP contribution in [0.4, 0.5) is 0 Å². The van der Waals surface area contributed by atoms with Crippen LogP contribution in [0, 0.1) is 5.92 Å². The van der Waals surface area contributed by atoms with Crippen molar-refractivity contribution in [3.8, 4) is 0 Å². The van der Waals surface area contributed by atoms with Crippen LogP contribution in [-0.2, 0) is 5.41 Å². The average molecular weight is 293 g/mol. The summed E-state index contributed by atoms with van der Waals surface area (Å²) in [5.41, 5.74) is 6.55. The van der Waals surface area contributed by atoms with Gasteiger partial charge in [-0.05, 0) is 18.0 Å². The third-order valence-electron chi connectivity index (χ3n) is 4.75. The van der Waals surface area contributed by atoms with Crippen molar-refractivity contribution >= 4 is 11.6 Å². The van der Waals surface area contributed by atoms with Crippen molar-refractivity contribution in [1.82, 2.24) is 0 Å². The fourth-order valence-electron chi connectivity index (χ4n) is 3.63. The molecule has 2 aromatic carbocycles. The minimum absolute atomic E-state index is 0.114. The van der Waals surface area contributed by atoms with Gasteiger partial charge in [0, 0.05) is 11.1 Å². The highest BCUT2D eigenvalue weighted by Crippen LogP contribution is 2.45. The number of hydrogen-bond acceptors (Lipinski definition) is 3. The highest BCUT2D eigenvalue weighted by Gasteiger charge is 2.57. The summed E-state index contributed by atoms with van der Waals surface area (Å²) in [6.07, 6.45) is 0.677. The fraction of sp³-hybridized carbons (Fsp3) is 0.263. The fourth-order valence-corrected chi connectivity index (χ4v) is 3.63. The van der Waals surface area contributed by atoms with Crippen molar-refractivity contribution in [2.24, 2.45) is 11.7 Å². The first kappa shape index (κ1) is 14.7. The Morgan fingerprint density at radius 2 is 1.41 bits per heavy atom. The Labute approximate surface area is 130 Å². The zero-order valence-electron chi connectivity index (χ0n) is 12.6. The largest absolute Gasteiger partial charge is 0.330 e. The Bertz CT molecular complexity index is 682. The molecule has 0 aromatic heterocycles. The van der Waals surface area contributed by atoms with Crippen molar-refractivity contribution in [2.75, 3.05) is 6.54 Å². The lowest BCUT2D eigenvalue weighted by atomic mass is 9.65. The van der Waals surface area contributed by atoms with E-state index in [1.54, 1.807) is 24.3 Å². The summed E-state index contributed by atoms with van der Waals surface area (Å²) in [6, 6.07) is 16.4. The molecule has 0 amide bonds. The van der Waals surface area contributed by atoms with E-state index in [0.717, 1.165) is 5.56 Å². The number of carbonyl (C=O) groups is 2. The minimum Gasteiger partial charge on any atom is -0.330 e. The van der Waals surface area contributed by atoms with Crippen molar-refractivity contribution in [1.29, 1.82) is 0 Å². The third-order valence-corrected chi connectivity index (χ3v) is 4.75. The summed E-state index contributed by atoms with van der Waals surface area (Å²) in [5, 5.41) is 0. The van der Waals surface area contributed by atoms with E-state index in [2.05, 4.69) is 0 Å². The highest BCUT2D eigenvalue weighted by molar-refractivity contribution is 6.33. The van der Waals surface area contributed by atoms with E-state index in [-0.39, 0.29) is 17.5 Å². The molecule has 0 heterocycles. The van der Waals surface area contributed by atoms with Gasteiger partial charge in [0.2, 0.25) is 0 Å². The van der Waals surface area contributed by atoms with Gasteiger partial charge in [0.1, 0.15) is 5.41 Å². The molecular formula is C19H19NO2. The quantitative estimate of drug-likeness (QED) is 0.882. The average Bonchev–Trinajstić information content (AvgIpc) is 2.80. The normalized spacial score (nSPS) is 17.4. The van der Waals surface area contributed by atoms with Crippen LogP contribution in [0.15, 0.2) is 54.6 Å². The van der Waals surface area contributed by atoms with Crippen LogP contribution in [0.1, 0.15) is 39.6 Å². The number of fused-ring (bicyclic) bond motifs is 1. The molecule has 1 atom stereocenters. The first-order valence-corrected chi connectivity index (χ1v) is 7.62. The molecule has 0 aliphatic heterocycles. The smallest absolute Gasteiger partial charge is 0.182 e. The molecule has 0 saturated heterocycles. The van der Waals surface area contributed by atoms with Gasteiger partial charge in [0.25, 0.3) is 0 Å². The molecule has 1 aliphatic carbocycles. The second-order valence-corrected chi connectivity index (χ2v) is 5.72. The first-order chi connectivity index (χ1) is 10.7. The standard InChI is InChI=1S/C19H19NO2/c1-2-13(12-20)19(14-8-4-3-5-9-14)17(21)15-10-6-7-11-16(15)18(19)22/h3-11,13H,2,12,20H2,1H3. The highest BCUT2D eigenvalue weighted by atomic mass is 16.2. The summed E-state index contributed by atoms with van der Waals surface area (Å²) in [7, 11) is 0. The Hall–Kier alpha value is -2.26. The van der Waals surface area contributed by atoms with Crippen LogP contribution in [0.3, 0.4) is 0 Å². The van der Waals surface area contributed by atoms with Gasteiger partial charge in [-0.25, -0.2) is 0 Å². The summed E-state index contributed by atoms with van der Waals surface area (Å²) < 4.78 is 0. The number of Topliss-reactive ketones (excluding diaryl/α,β-unsaturated/α-hetero) is 2. The second-order valence-electron chi connectivity index (χ2n) is 5.72. The third kappa shape index (κ3) is 1.79. The molecule has 112 valence electrons. The Balaban J connectivity index is 2.30. The number of ketones is 2. The van der Waals surface area contributed by atoms with Gasteiger partial charge < -0.3 is 5.73 Å². The monoisotopic (exact) mass is 293 g/mol. The van der Waals surface area contributed by atoms with Gasteiger partial charge in [-0.3, -0.25) is 9.59 Å². The van der Waals surface area contributed by atoms with Crippen LogP contribution in [0.2, 0.25) is 0 Å². The second kappa shape index (κ2) is 5.50. The zero-order chi connectivity index (χ0) is 15.7. The minimum atomic E-state index is -1.17. The Kier molecular flexibility index (Phi) is 3.67. The maximum Gasteiger partial charge on any atom is 0.182 e. The summed E-state index contributed by atoms with van der Waals surface area (Å²) >= 11 is 0. The maximum atomic E-state index is 13.2. The molecule has 0 radical (unpaired) electrons. The molecule has 3 nitrogen and oxygen atoms in total. The Morgan fingerprint density at radius 1 is 0.909 bits per heavy atom. The van der Waals surface area contributed by atoms with E-state index in [1.165, 1.54) is 0 Å². The number of hydrogen-bond donors (Lipinski definition) is 1. The van der Waals surface area contributed by atoms with Gasteiger partial charge >= 0.3 is 0 Å². The molecule has 22 heavy (non-hydrogen) atoms. The number of nitrogens with two attached hydrogens (primary N) is 1. The van der Waals surface area contributed by atoms with Crippen molar-refractivity contribution in [3.05, 3.63) is 71.3 Å². The van der Waals surface area contributed by atoms with Gasteiger partial charge in [0.05, 0.1) is 0 Å². The lowest BCUT2D eigenvalue weighted by molar-refractivity contribution is 0.0722. The van der Waals surface area contributed by atoms with Gasteiger partial charge in [-0.15, -0.1) is 0 Å². The number of benzene rings is 2. The number of rotatable bonds is 4. The summed E-state index contributed by atoms with van der Waals surface area (Å²) in [4.78, 5) is 26.4. The predicted octanol–water partition coefficient (Wildman–Crippen LogP) is 2.99. The molecule has 0 spiro atoms. The van der Waals surface area contributed by atoms with E-state index >= 15 is 0 Å². The van der Waals surface area contributed by atoms with Crippen molar-refractivity contribution < 1.29 is 9.59 Å². The summed E-state index contributed by atoms with van der Waals surface area (Å²) in [6.45, 7) is 2.28. The molecule has 2 N–H and O–H groups in total. The Morgan fingerprint density at radius 3 is 1.86 bits per heavy atom. The van der Waals surface area contributed by atoms with E-state index in [4.69, 9.17) is 5.73 Å². The van der Waals surface area contributed by atoms with Crippen molar-refractivity contribution in [2.45, 2.75) is 18.8 Å². The predicted molar refractivity (Wildman–Crippen MR) is 86.1 cm³/mol. The van der Waals surface area contributed by atoms with Crippen LogP contribution >= 0.6 is 0 Å². The molecule has 0 bridgehead atoms. The summed E-state index contributed by atoms with van der Waals surface area (Å²) in [5.74, 6) is -0.435. The van der Waals surface area contributed by atoms with Gasteiger partial charge in [0.15, 0.2) is 11.6 Å². The van der Waals surface area contributed by atoms with E-state index in [0.29, 0.717) is 24.1 Å².